The third-order valence-corrected chi connectivity index (χ3v) is 4.19. The zero-order chi connectivity index (χ0) is 13.2. The van der Waals surface area contributed by atoms with Gasteiger partial charge >= 0.3 is 0 Å². The van der Waals surface area contributed by atoms with Gasteiger partial charge in [-0.15, -0.1) is 0 Å². The van der Waals surface area contributed by atoms with Crippen molar-refractivity contribution in [2.24, 2.45) is 5.92 Å². The molecular formula is C13H20ClN3O. The summed E-state index contributed by atoms with van der Waals surface area (Å²) in [5.74, 6) is 1.43. The number of halogens is 1. The summed E-state index contributed by atoms with van der Waals surface area (Å²) in [7, 11) is 0. The maximum atomic E-state index is 10.5. The first-order valence-corrected chi connectivity index (χ1v) is 6.81. The number of aromatic nitrogens is 2. The molecule has 1 saturated carbocycles. The van der Waals surface area contributed by atoms with Gasteiger partial charge in [0.25, 0.3) is 0 Å². The second-order valence-electron chi connectivity index (χ2n) is 5.40. The Morgan fingerprint density at radius 2 is 2.11 bits per heavy atom. The van der Waals surface area contributed by atoms with E-state index in [2.05, 4.69) is 22.2 Å². The third-order valence-electron chi connectivity index (χ3n) is 3.81. The number of rotatable bonds is 3. The van der Waals surface area contributed by atoms with E-state index in [-0.39, 0.29) is 0 Å². The van der Waals surface area contributed by atoms with Crippen LogP contribution in [0.15, 0.2) is 6.33 Å². The maximum Gasteiger partial charge on any atom is 0.137 e. The smallest absolute Gasteiger partial charge is 0.137 e. The SMILES string of the molecule is Cc1c(Cl)ncnc1NCC1(O)CCC(C)CC1. The van der Waals surface area contributed by atoms with E-state index in [0.29, 0.717) is 17.5 Å². The molecule has 0 unspecified atom stereocenters. The molecule has 0 aliphatic heterocycles. The van der Waals surface area contributed by atoms with E-state index in [1.54, 1.807) is 0 Å². The lowest BCUT2D eigenvalue weighted by molar-refractivity contribution is 0.00494. The molecule has 5 heteroatoms. The van der Waals surface area contributed by atoms with E-state index < -0.39 is 5.60 Å². The van der Waals surface area contributed by atoms with Gasteiger partial charge in [-0.1, -0.05) is 18.5 Å². The molecule has 100 valence electrons. The van der Waals surface area contributed by atoms with Gasteiger partial charge in [0, 0.05) is 12.1 Å². The van der Waals surface area contributed by atoms with E-state index in [0.717, 1.165) is 37.2 Å². The van der Waals surface area contributed by atoms with Gasteiger partial charge in [0.15, 0.2) is 0 Å². The molecule has 0 spiro atoms. The molecule has 2 N–H and O–H groups in total. The zero-order valence-electron chi connectivity index (χ0n) is 10.9. The topological polar surface area (TPSA) is 58.0 Å². The molecule has 0 radical (unpaired) electrons. The van der Waals surface area contributed by atoms with Crippen molar-refractivity contribution in [3.8, 4) is 0 Å². The molecule has 1 aliphatic rings. The van der Waals surface area contributed by atoms with E-state index in [1.807, 2.05) is 6.92 Å². The standard InChI is InChI=1S/C13H20ClN3O/c1-9-3-5-13(18,6-4-9)7-15-12-10(2)11(14)16-8-17-12/h8-9,18H,3-7H2,1-2H3,(H,15,16,17). The molecule has 1 heterocycles. The molecule has 0 saturated heterocycles. The molecule has 0 atom stereocenters. The minimum absolute atomic E-state index is 0.455. The molecule has 18 heavy (non-hydrogen) atoms. The average molecular weight is 270 g/mol. The predicted octanol–water partition coefficient (Wildman–Crippen LogP) is 2.79. The van der Waals surface area contributed by atoms with Gasteiger partial charge in [-0.2, -0.15) is 0 Å². The third kappa shape index (κ3) is 3.12. The lowest BCUT2D eigenvalue weighted by atomic mass is 9.79. The zero-order valence-corrected chi connectivity index (χ0v) is 11.7. The molecule has 1 aliphatic carbocycles. The summed E-state index contributed by atoms with van der Waals surface area (Å²) in [4.78, 5) is 8.06. The molecule has 0 aromatic carbocycles. The van der Waals surface area contributed by atoms with Crippen LogP contribution in [0.4, 0.5) is 5.82 Å². The largest absolute Gasteiger partial charge is 0.388 e. The van der Waals surface area contributed by atoms with Crippen molar-refractivity contribution in [2.45, 2.75) is 45.1 Å². The van der Waals surface area contributed by atoms with Crippen molar-refractivity contribution in [1.82, 2.24) is 9.97 Å². The normalized spacial score (nSPS) is 28.1. The van der Waals surface area contributed by atoms with Crippen molar-refractivity contribution in [3.05, 3.63) is 17.0 Å². The Balaban J connectivity index is 1.97. The lowest BCUT2D eigenvalue weighted by Crippen LogP contribution is -2.40. The fourth-order valence-corrected chi connectivity index (χ4v) is 2.46. The first-order valence-electron chi connectivity index (χ1n) is 6.43. The fourth-order valence-electron chi connectivity index (χ4n) is 2.33. The summed E-state index contributed by atoms with van der Waals surface area (Å²) >= 11 is 5.94. The Labute approximate surface area is 113 Å². The van der Waals surface area contributed by atoms with Crippen molar-refractivity contribution < 1.29 is 5.11 Å². The Morgan fingerprint density at radius 3 is 2.78 bits per heavy atom. The number of nitrogens with zero attached hydrogens (tertiary/aromatic N) is 2. The van der Waals surface area contributed by atoms with Crippen LogP contribution in [-0.2, 0) is 0 Å². The highest BCUT2D eigenvalue weighted by atomic mass is 35.5. The molecule has 1 aromatic heterocycles. The number of nitrogens with one attached hydrogen (secondary N) is 1. The van der Waals surface area contributed by atoms with Crippen LogP contribution in [0.2, 0.25) is 5.15 Å². The van der Waals surface area contributed by atoms with Crippen molar-refractivity contribution in [1.29, 1.82) is 0 Å². The molecular weight excluding hydrogens is 250 g/mol. The summed E-state index contributed by atoms with van der Waals surface area (Å²) in [5.41, 5.74) is 0.211. The minimum atomic E-state index is -0.615. The van der Waals surface area contributed by atoms with Gasteiger partial charge < -0.3 is 10.4 Å². The Kier molecular flexibility index (Phi) is 4.07. The van der Waals surface area contributed by atoms with Crippen LogP contribution in [0.25, 0.3) is 0 Å². The summed E-state index contributed by atoms with van der Waals surface area (Å²) in [6.45, 7) is 4.63. The molecule has 4 nitrogen and oxygen atoms in total. The first-order chi connectivity index (χ1) is 8.50. The van der Waals surface area contributed by atoms with Crippen LogP contribution in [0.1, 0.15) is 38.2 Å². The predicted molar refractivity (Wildman–Crippen MR) is 72.9 cm³/mol. The second kappa shape index (κ2) is 5.41. The van der Waals surface area contributed by atoms with Crippen molar-refractivity contribution in [2.75, 3.05) is 11.9 Å². The molecule has 1 aromatic rings. The van der Waals surface area contributed by atoms with Gasteiger partial charge in [0.1, 0.15) is 17.3 Å². The Hall–Kier alpha value is -0.870. The highest BCUT2D eigenvalue weighted by molar-refractivity contribution is 6.30. The Bertz CT molecular complexity index is 417. The highest BCUT2D eigenvalue weighted by Gasteiger charge is 2.31. The Morgan fingerprint density at radius 1 is 1.44 bits per heavy atom. The number of hydrogen-bond acceptors (Lipinski definition) is 4. The molecule has 1 fully saturated rings. The van der Waals surface area contributed by atoms with Crippen molar-refractivity contribution in [3.63, 3.8) is 0 Å². The van der Waals surface area contributed by atoms with Crippen LogP contribution in [0.3, 0.4) is 0 Å². The van der Waals surface area contributed by atoms with Crippen LogP contribution < -0.4 is 5.32 Å². The quantitative estimate of drug-likeness (QED) is 0.829. The van der Waals surface area contributed by atoms with Gasteiger partial charge in [0.2, 0.25) is 0 Å². The van der Waals surface area contributed by atoms with Gasteiger partial charge in [0.05, 0.1) is 5.60 Å². The van der Waals surface area contributed by atoms with Crippen molar-refractivity contribution >= 4 is 17.4 Å². The number of anilines is 1. The summed E-state index contributed by atoms with van der Waals surface area (Å²) in [5, 5.41) is 14.1. The summed E-state index contributed by atoms with van der Waals surface area (Å²) in [6, 6.07) is 0. The van der Waals surface area contributed by atoms with Crippen LogP contribution >= 0.6 is 11.6 Å². The monoisotopic (exact) mass is 269 g/mol. The summed E-state index contributed by atoms with van der Waals surface area (Å²) in [6.07, 6.45) is 5.30. The summed E-state index contributed by atoms with van der Waals surface area (Å²) < 4.78 is 0. The van der Waals surface area contributed by atoms with Crippen LogP contribution in [-0.4, -0.2) is 27.2 Å². The van der Waals surface area contributed by atoms with Gasteiger partial charge in [-0.05, 0) is 38.5 Å². The molecule has 0 amide bonds. The van der Waals surface area contributed by atoms with Crippen LogP contribution in [0, 0.1) is 12.8 Å². The van der Waals surface area contributed by atoms with E-state index in [9.17, 15) is 5.11 Å². The fraction of sp³-hybridized carbons (Fsp3) is 0.692. The van der Waals surface area contributed by atoms with E-state index in [1.165, 1.54) is 6.33 Å². The number of hydrogen-bond donors (Lipinski definition) is 2. The average Bonchev–Trinajstić information content (AvgIpc) is 2.35. The molecule has 0 bridgehead atoms. The number of aliphatic hydroxyl groups is 1. The highest BCUT2D eigenvalue weighted by Crippen LogP contribution is 2.32. The van der Waals surface area contributed by atoms with E-state index >= 15 is 0 Å². The first kappa shape index (κ1) is 13.6. The minimum Gasteiger partial charge on any atom is -0.388 e. The maximum absolute atomic E-state index is 10.5. The van der Waals surface area contributed by atoms with E-state index in [4.69, 9.17) is 11.6 Å². The second-order valence-corrected chi connectivity index (χ2v) is 5.76. The molecule has 2 rings (SSSR count). The van der Waals surface area contributed by atoms with Gasteiger partial charge in [-0.25, -0.2) is 9.97 Å². The van der Waals surface area contributed by atoms with Gasteiger partial charge in [-0.3, -0.25) is 0 Å². The lowest BCUT2D eigenvalue weighted by Gasteiger charge is -2.35. The van der Waals surface area contributed by atoms with Crippen LogP contribution in [0.5, 0.6) is 0 Å².